The first kappa shape index (κ1) is 15.8. The monoisotopic (exact) mass is 331 g/mol. The van der Waals surface area contributed by atoms with Crippen molar-refractivity contribution in [2.75, 3.05) is 39.3 Å². The van der Waals surface area contributed by atoms with Gasteiger partial charge in [0.15, 0.2) is 11.5 Å². The van der Waals surface area contributed by atoms with Crippen molar-refractivity contribution in [2.24, 2.45) is 0 Å². The molecule has 0 spiro atoms. The van der Waals surface area contributed by atoms with Gasteiger partial charge in [-0.15, -0.1) is 0 Å². The van der Waals surface area contributed by atoms with Gasteiger partial charge in [0.05, 0.1) is 27.4 Å². The molecule has 6 heteroatoms. The van der Waals surface area contributed by atoms with E-state index in [-0.39, 0.29) is 5.91 Å². The molecular weight excluding hydrogens is 314 g/mol. The molecule has 0 saturated heterocycles. The lowest BCUT2D eigenvalue weighted by Crippen LogP contribution is -2.27. The number of alkyl halides is 1. The lowest BCUT2D eigenvalue weighted by molar-refractivity contribution is 0.0923. The van der Waals surface area contributed by atoms with Crippen molar-refractivity contribution in [3.63, 3.8) is 0 Å². The van der Waals surface area contributed by atoms with Crippen LogP contribution in [0.1, 0.15) is 10.4 Å². The van der Waals surface area contributed by atoms with Gasteiger partial charge in [0, 0.05) is 17.4 Å². The summed E-state index contributed by atoms with van der Waals surface area (Å²) in [5.74, 6) is 0.966. The van der Waals surface area contributed by atoms with Gasteiger partial charge in [0.2, 0.25) is 0 Å². The molecule has 0 bridgehead atoms. The molecule has 5 nitrogen and oxygen atoms in total. The molecule has 0 unspecified atom stereocenters. The zero-order valence-corrected chi connectivity index (χ0v) is 12.7. The van der Waals surface area contributed by atoms with Crippen molar-refractivity contribution in [3.8, 4) is 11.5 Å². The summed E-state index contributed by atoms with van der Waals surface area (Å²) in [5, 5.41) is 3.56. The highest BCUT2D eigenvalue weighted by molar-refractivity contribution is 9.09. The van der Waals surface area contributed by atoms with E-state index in [1.54, 1.807) is 25.3 Å². The molecular formula is C13H18BrNO4. The van der Waals surface area contributed by atoms with Gasteiger partial charge in [0.1, 0.15) is 0 Å². The first-order valence-corrected chi connectivity index (χ1v) is 6.99. The second kappa shape index (κ2) is 8.77. The van der Waals surface area contributed by atoms with Gasteiger partial charge >= 0.3 is 0 Å². The van der Waals surface area contributed by atoms with Crippen LogP contribution in [-0.2, 0) is 4.74 Å². The van der Waals surface area contributed by atoms with Crippen LogP contribution >= 0.6 is 15.9 Å². The van der Waals surface area contributed by atoms with Gasteiger partial charge in [-0.05, 0) is 18.2 Å². The third-order valence-electron chi connectivity index (χ3n) is 2.40. The number of carbonyl (C=O) groups is 1. The number of methoxy groups -OCH3 is 2. The summed E-state index contributed by atoms with van der Waals surface area (Å²) in [5.41, 5.74) is 0.526. The van der Waals surface area contributed by atoms with Crippen molar-refractivity contribution < 1.29 is 19.0 Å². The van der Waals surface area contributed by atoms with Gasteiger partial charge < -0.3 is 19.5 Å². The minimum atomic E-state index is -0.164. The molecule has 0 aliphatic carbocycles. The second-order valence-electron chi connectivity index (χ2n) is 3.63. The normalized spacial score (nSPS) is 10.1. The van der Waals surface area contributed by atoms with Crippen LogP contribution in [0.3, 0.4) is 0 Å². The van der Waals surface area contributed by atoms with E-state index in [1.807, 2.05) is 0 Å². The van der Waals surface area contributed by atoms with E-state index in [1.165, 1.54) is 7.11 Å². The molecule has 1 rings (SSSR count). The maximum absolute atomic E-state index is 11.9. The van der Waals surface area contributed by atoms with Crippen LogP contribution < -0.4 is 14.8 Å². The summed E-state index contributed by atoms with van der Waals surface area (Å²) in [7, 11) is 3.09. The van der Waals surface area contributed by atoms with Crippen molar-refractivity contribution in [1.82, 2.24) is 5.32 Å². The van der Waals surface area contributed by atoms with Gasteiger partial charge in [0.25, 0.3) is 5.91 Å². The highest BCUT2D eigenvalue weighted by Gasteiger charge is 2.09. The van der Waals surface area contributed by atoms with E-state index in [2.05, 4.69) is 21.2 Å². The summed E-state index contributed by atoms with van der Waals surface area (Å²) >= 11 is 3.26. The molecule has 0 aliphatic heterocycles. The quantitative estimate of drug-likeness (QED) is 0.583. The summed E-state index contributed by atoms with van der Waals surface area (Å²) in [6.07, 6.45) is 0. The van der Waals surface area contributed by atoms with E-state index in [9.17, 15) is 4.79 Å². The molecule has 0 saturated carbocycles. The minimum Gasteiger partial charge on any atom is -0.493 e. The number of hydrogen-bond donors (Lipinski definition) is 1. The van der Waals surface area contributed by atoms with Gasteiger partial charge in [-0.2, -0.15) is 0 Å². The van der Waals surface area contributed by atoms with Crippen LogP contribution in [-0.4, -0.2) is 45.2 Å². The zero-order chi connectivity index (χ0) is 14.1. The topological polar surface area (TPSA) is 56.8 Å². The number of ether oxygens (including phenoxy) is 3. The van der Waals surface area contributed by atoms with Gasteiger partial charge in [-0.25, -0.2) is 0 Å². The maximum atomic E-state index is 11.9. The highest BCUT2D eigenvalue weighted by atomic mass is 79.9. The SMILES string of the molecule is COc1ccc(C(=O)NCCOCCBr)cc1OC. The van der Waals surface area contributed by atoms with Crippen LogP contribution in [0.15, 0.2) is 18.2 Å². The van der Waals surface area contributed by atoms with Gasteiger partial charge in [-0.3, -0.25) is 4.79 Å². The Kier molecular flexibility index (Phi) is 7.28. The first-order chi connectivity index (χ1) is 9.22. The smallest absolute Gasteiger partial charge is 0.251 e. The van der Waals surface area contributed by atoms with Crippen LogP contribution in [0.2, 0.25) is 0 Å². The number of carbonyl (C=O) groups excluding carboxylic acids is 1. The molecule has 106 valence electrons. The van der Waals surface area contributed by atoms with Crippen LogP contribution in [0.5, 0.6) is 11.5 Å². The molecule has 0 atom stereocenters. The summed E-state index contributed by atoms with van der Waals surface area (Å²) < 4.78 is 15.5. The summed E-state index contributed by atoms with van der Waals surface area (Å²) in [6.45, 7) is 1.59. The Morgan fingerprint density at radius 2 is 1.95 bits per heavy atom. The Morgan fingerprint density at radius 3 is 2.58 bits per heavy atom. The number of rotatable bonds is 8. The lowest BCUT2D eigenvalue weighted by atomic mass is 10.2. The third-order valence-corrected chi connectivity index (χ3v) is 2.72. The Bertz CT molecular complexity index is 412. The van der Waals surface area contributed by atoms with Crippen LogP contribution in [0.4, 0.5) is 0 Å². The van der Waals surface area contributed by atoms with Crippen molar-refractivity contribution >= 4 is 21.8 Å². The van der Waals surface area contributed by atoms with Gasteiger partial charge in [-0.1, -0.05) is 15.9 Å². The molecule has 1 aromatic rings. The standard InChI is InChI=1S/C13H18BrNO4/c1-17-11-4-3-10(9-12(11)18-2)13(16)15-6-8-19-7-5-14/h3-4,9H,5-8H2,1-2H3,(H,15,16). The van der Waals surface area contributed by atoms with E-state index >= 15 is 0 Å². The molecule has 1 N–H and O–H groups in total. The average Bonchev–Trinajstić information content (AvgIpc) is 2.46. The lowest BCUT2D eigenvalue weighted by Gasteiger charge is -2.10. The zero-order valence-electron chi connectivity index (χ0n) is 11.1. The predicted octanol–water partition coefficient (Wildman–Crippen LogP) is 1.85. The van der Waals surface area contributed by atoms with Crippen molar-refractivity contribution in [3.05, 3.63) is 23.8 Å². The number of halogens is 1. The second-order valence-corrected chi connectivity index (χ2v) is 4.42. The fraction of sp³-hybridized carbons (Fsp3) is 0.462. The van der Waals surface area contributed by atoms with Crippen molar-refractivity contribution in [1.29, 1.82) is 0 Å². The number of hydrogen-bond acceptors (Lipinski definition) is 4. The molecule has 19 heavy (non-hydrogen) atoms. The summed E-state index contributed by atoms with van der Waals surface area (Å²) in [6, 6.07) is 5.04. The molecule has 0 aromatic heterocycles. The molecule has 0 aliphatic rings. The number of benzene rings is 1. The predicted molar refractivity (Wildman–Crippen MR) is 76.5 cm³/mol. The largest absolute Gasteiger partial charge is 0.493 e. The van der Waals surface area contributed by atoms with E-state index in [0.29, 0.717) is 36.8 Å². The fourth-order valence-electron chi connectivity index (χ4n) is 1.47. The van der Waals surface area contributed by atoms with E-state index in [4.69, 9.17) is 14.2 Å². The van der Waals surface area contributed by atoms with E-state index in [0.717, 1.165) is 5.33 Å². The van der Waals surface area contributed by atoms with Crippen LogP contribution in [0, 0.1) is 0 Å². The summed E-state index contributed by atoms with van der Waals surface area (Å²) in [4.78, 5) is 11.9. The number of amides is 1. The average molecular weight is 332 g/mol. The van der Waals surface area contributed by atoms with Crippen LogP contribution in [0.25, 0.3) is 0 Å². The Morgan fingerprint density at radius 1 is 1.21 bits per heavy atom. The fourth-order valence-corrected chi connectivity index (χ4v) is 1.70. The molecule has 0 fully saturated rings. The van der Waals surface area contributed by atoms with Crippen molar-refractivity contribution in [2.45, 2.75) is 0 Å². The molecule has 1 aromatic carbocycles. The Labute approximate surface area is 121 Å². The highest BCUT2D eigenvalue weighted by Crippen LogP contribution is 2.27. The number of nitrogens with one attached hydrogen (secondary N) is 1. The first-order valence-electron chi connectivity index (χ1n) is 5.87. The molecule has 0 radical (unpaired) electrons. The Hall–Kier alpha value is -1.27. The minimum absolute atomic E-state index is 0.164. The maximum Gasteiger partial charge on any atom is 0.251 e. The third kappa shape index (κ3) is 5.08. The Balaban J connectivity index is 2.52. The molecule has 0 heterocycles. The van der Waals surface area contributed by atoms with E-state index < -0.39 is 0 Å². The molecule has 1 amide bonds.